The molecule has 0 spiro atoms. The summed E-state index contributed by atoms with van der Waals surface area (Å²) in [7, 11) is 0. The third-order valence-electron chi connectivity index (χ3n) is 3.17. The van der Waals surface area contributed by atoms with Gasteiger partial charge < -0.3 is 5.32 Å². The van der Waals surface area contributed by atoms with Gasteiger partial charge in [0.05, 0.1) is 16.3 Å². The molecule has 0 radical (unpaired) electrons. The van der Waals surface area contributed by atoms with Crippen molar-refractivity contribution in [2.75, 3.05) is 5.32 Å². The van der Waals surface area contributed by atoms with Gasteiger partial charge in [-0.3, -0.25) is 0 Å². The van der Waals surface area contributed by atoms with E-state index in [2.05, 4.69) is 54.3 Å². The van der Waals surface area contributed by atoms with Crippen LogP contribution < -0.4 is 5.32 Å². The second-order valence-corrected chi connectivity index (χ2v) is 7.05. The zero-order valence-electron chi connectivity index (χ0n) is 11.8. The number of thiazole rings is 2. The van der Waals surface area contributed by atoms with E-state index in [-0.39, 0.29) is 6.04 Å². The second kappa shape index (κ2) is 5.50. The average molecular weight is 303 g/mol. The van der Waals surface area contributed by atoms with Crippen LogP contribution in [-0.4, -0.2) is 9.97 Å². The minimum atomic E-state index is 0.196. The van der Waals surface area contributed by atoms with Crippen LogP contribution in [0.4, 0.5) is 5.13 Å². The molecular formula is C15H17N3S2. The third kappa shape index (κ3) is 2.69. The molecule has 0 bridgehead atoms. The Morgan fingerprint density at radius 1 is 1.30 bits per heavy atom. The maximum atomic E-state index is 4.65. The predicted molar refractivity (Wildman–Crippen MR) is 87.9 cm³/mol. The van der Waals surface area contributed by atoms with Crippen LogP contribution in [0.5, 0.6) is 0 Å². The van der Waals surface area contributed by atoms with Crippen molar-refractivity contribution >= 4 is 38.0 Å². The molecule has 5 heteroatoms. The van der Waals surface area contributed by atoms with Gasteiger partial charge in [0.25, 0.3) is 0 Å². The normalized spacial score (nSPS) is 12.8. The van der Waals surface area contributed by atoms with Crippen molar-refractivity contribution in [3.05, 3.63) is 39.8 Å². The van der Waals surface area contributed by atoms with Crippen LogP contribution in [0.15, 0.2) is 24.4 Å². The number of hydrogen-bond acceptors (Lipinski definition) is 5. The monoisotopic (exact) mass is 303 g/mol. The summed E-state index contributed by atoms with van der Waals surface area (Å²) in [5.74, 6) is 0. The van der Waals surface area contributed by atoms with Gasteiger partial charge in [-0.1, -0.05) is 24.3 Å². The highest BCUT2D eigenvalue weighted by Gasteiger charge is 2.12. The number of aryl methyl sites for hydroxylation is 2. The first kappa shape index (κ1) is 13.5. The predicted octanol–water partition coefficient (Wildman–Crippen LogP) is 4.80. The molecule has 0 aliphatic rings. The molecule has 1 atom stereocenters. The van der Waals surface area contributed by atoms with E-state index in [0.717, 1.165) is 22.1 Å². The first-order chi connectivity index (χ1) is 9.65. The average Bonchev–Trinajstić information content (AvgIpc) is 3.03. The van der Waals surface area contributed by atoms with Crippen LogP contribution in [0, 0.1) is 6.92 Å². The number of rotatable bonds is 4. The minimum absolute atomic E-state index is 0.196. The largest absolute Gasteiger partial charge is 0.353 e. The van der Waals surface area contributed by atoms with E-state index in [1.54, 1.807) is 22.7 Å². The fourth-order valence-electron chi connectivity index (χ4n) is 2.03. The molecule has 3 aromatic rings. The summed E-state index contributed by atoms with van der Waals surface area (Å²) in [5, 5.41) is 5.55. The van der Waals surface area contributed by atoms with Crippen molar-refractivity contribution in [2.45, 2.75) is 33.2 Å². The lowest BCUT2D eigenvalue weighted by molar-refractivity contribution is 0.867. The lowest BCUT2D eigenvalue weighted by Crippen LogP contribution is -2.05. The van der Waals surface area contributed by atoms with Crippen LogP contribution >= 0.6 is 22.7 Å². The summed E-state index contributed by atoms with van der Waals surface area (Å²) in [4.78, 5) is 10.5. The molecule has 0 fully saturated rings. The van der Waals surface area contributed by atoms with E-state index in [1.807, 2.05) is 6.20 Å². The molecule has 104 valence electrons. The maximum absolute atomic E-state index is 4.65. The van der Waals surface area contributed by atoms with Crippen LogP contribution in [0.2, 0.25) is 0 Å². The Morgan fingerprint density at radius 3 is 2.90 bits per heavy atom. The van der Waals surface area contributed by atoms with Gasteiger partial charge in [0.15, 0.2) is 5.13 Å². The summed E-state index contributed by atoms with van der Waals surface area (Å²) in [6, 6.07) is 6.58. The van der Waals surface area contributed by atoms with Gasteiger partial charge in [0.2, 0.25) is 0 Å². The Hall–Kier alpha value is -1.46. The lowest BCUT2D eigenvalue weighted by Gasteiger charge is -2.08. The van der Waals surface area contributed by atoms with Gasteiger partial charge in [-0.15, -0.1) is 11.3 Å². The molecule has 1 aromatic carbocycles. The molecule has 1 unspecified atom stereocenters. The Labute approximate surface area is 126 Å². The van der Waals surface area contributed by atoms with E-state index in [0.29, 0.717) is 0 Å². The summed E-state index contributed by atoms with van der Waals surface area (Å²) < 4.78 is 1.22. The van der Waals surface area contributed by atoms with Crippen molar-refractivity contribution in [3.63, 3.8) is 0 Å². The number of hydrogen-bond donors (Lipinski definition) is 1. The molecule has 20 heavy (non-hydrogen) atoms. The Bertz CT molecular complexity index is 730. The highest BCUT2D eigenvalue weighted by atomic mass is 32.1. The standard InChI is InChI=1S/C15H17N3S2/c1-4-11-8-16-14(19-11)10(3)17-15-18-12-7-9(2)5-6-13(12)20-15/h5-8,10H,4H2,1-3H3,(H,17,18). The smallest absolute Gasteiger partial charge is 0.184 e. The van der Waals surface area contributed by atoms with Gasteiger partial charge in [0.1, 0.15) is 5.01 Å². The third-order valence-corrected chi connectivity index (χ3v) is 5.47. The van der Waals surface area contributed by atoms with Crippen molar-refractivity contribution in [1.82, 2.24) is 9.97 Å². The molecular weight excluding hydrogens is 286 g/mol. The number of aromatic nitrogens is 2. The summed E-state index contributed by atoms with van der Waals surface area (Å²) >= 11 is 3.47. The number of benzene rings is 1. The summed E-state index contributed by atoms with van der Waals surface area (Å²) in [6.07, 6.45) is 3.02. The molecule has 0 amide bonds. The van der Waals surface area contributed by atoms with Crippen molar-refractivity contribution in [2.24, 2.45) is 0 Å². The number of anilines is 1. The van der Waals surface area contributed by atoms with Crippen molar-refractivity contribution in [3.8, 4) is 0 Å². The molecule has 3 rings (SSSR count). The molecule has 0 aliphatic heterocycles. The van der Waals surface area contributed by atoms with Gasteiger partial charge in [-0.05, 0) is 38.0 Å². The van der Waals surface area contributed by atoms with E-state index < -0.39 is 0 Å². The highest BCUT2D eigenvalue weighted by Crippen LogP contribution is 2.30. The molecule has 1 N–H and O–H groups in total. The van der Waals surface area contributed by atoms with Crippen LogP contribution in [0.1, 0.15) is 35.3 Å². The second-order valence-electron chi connectivity index (χ2n) is 4.87. The number of nitrogens with zero attached hydrogens (tertiary/aromatic N) is 2. The first-order valence-corrected chi connectivity index (χ1v) is 8.37. The van der Waals surface area contributed by atoms with Gasteiger partial charge in [0, 0.05) is 11.1 Å². The molecule has 0 saturated heterocycles. The Morgan fingerprint density at radius 2 is 2.15 bits per heavy atom. The zero-order chi connectivity index (χ0) is 14.1. The maximum Gasteiger partial charge on any atom is 0.184 e. The SMILES string of the molecule is CCc1cnc(C(C)Nc2nc3cc(C)ccc3s2)s1. The van der Waals surface area contributed by atoms with Gasteiger partial charge >= 0.3 is 0 Å². The summed E-state index contributed by atoms with van der Waals surface area (Å²) in [6.45, 7) is 6.39. The van der Waals surface area contributed by atoms with Crippen LogP contribution in [-0.2, 0) is 6.42 Å². The molecule has 3 nitrogen and oxygen atoms in total. The Kier molecular flexibility index (Phi) is 3.72. The summed E-state index contributed by atoms with van der Waals surface area (Å²) in [5.41, 5.74) is 2.31. The van der Waals surface area contributed by atoms with Gasteiger partial charge in [-0.25, -0.2) is 9.97 Å². The molecule has 2 aromatic heterocycles. The fourth-order valence-corrected chi connectivity index (χ4v) is 3.83. The van der Waals surface area contributed by atoms with Crippen LogP contribution in [0.25, 0.3) is 10.2 Å². The number of nitrogens with one attached hydrogen (secondary N) is 1. The van der Waals surface area contributed by atoms with Crippen molar-refractivity contribution in [1.29, 1.82) is 0 Å². The first-order valence-electron chi connectivity index (χ1n) is 6.74. The lowest BCUT2D eigenvalue weighted by atomic mass is 10.2. The quantitative estimate of drug-likeness (QED) is 0.752. The zero-order valence-corrected chi connectivity index (χ0v) is 13.4. The van der Waals surface area contributed by atoms with Gasteiger partial charge in [-0.2, -0.15) is 0 Å². The highest BCUT2D eigenvalue weighted by molar-refractivity contribution is 7.22. The van der Waals surface area contributed by atoms with E-state index >= 15 is 0 Å². The molecule has 0 saturated carbocycles. The van der Waals surface area contributed by atoms with E-state index in [4.69, 9.17) is 0 Å². The van der Waals surface area contributed by atoms with E-state index in [1.165, 1.54) is 15.1 Å². The van der Waals surface area contributed by atoms with Crippen molar-refractivity contribution < 1.29 is 0 Å². The van der Waals surface area contributed by atoms with E-state index in [9.17, 15) is 0 Å². The number of fused-ring (bicyclic) bond motifs is 1. The Balaban J connectivity index is 1.81. The van der Waals surface area contributed by atoms with Crippen LogP contribution in [0.3, 0.4) is 0 Å². The topological polar surface area (TPSA) is 37.8 Å². The minimum Gasteiger partial charge on any atom is -0.353 e. The molecule has 2 heterocycles. The molecule has 0 aliphatic carbocycles. The fraction of sp³-hybridized carbons (Fsp3) is 0.333.